The fourth-order valence-electron chi connectivity index (χ4n) is 3.39. The van der Waals surface area contributed by atoms with Crippen LogP contribution in [0.5, 0.6) is 0 Å². The van der Waals surface area contributed by atoms with Crippen LogP contribution in [0.25, 0.3) is 0 Å². The van der Waals surface area contributed by atoms with Gasteiger partial charge in [0.1, 0.15) is 4.88 Å². The van der Waals surface area contributed by atoms with Gasteiger partial charge in [0.15, 0.2) is 0 Å². The van der Waals surface area contributed by atoms with Crippen molar-refractivity contribution in [1.29, 1.82) is 0 Å². The van der Waals surface area contributed by atoms with E-state index in [1.807, 2.05) is 19.1 Å². The molecule has 0 saturated heterocycles. The number of aryl methyl sites for hydroxylation is 1. The summed E-state index contributed by atoms with van der Waals surface area (Å²) in [6, 6.07) is 5.48. The third-order valence-electron chi connectivity index (χ3n) is 5.08. The molecule has 2 amide bonds. The first-order valence-electron chi connectivity index (χ1n) is 9.32. The van der Waals surface area contributed by atoms with Crippen molar-refractivity contribution in [3.63, 3.8) is 0 Å². The number of halogens is 2. The van der Waals surface area contributed by atoms with E-state index in [1.165, 1.54) is 11.3 Å². The lowest BCUT2D eigenvalue weighted by Gasteiger charge is -2.43. The molecule has 28 heavy (non-hydrogen) atoms. The second-order valence-corrected chi connectivity index (χ2v) is 8.92. The van der Waals surface area contributed by atoms with Crippen molar-refractivity contribution >= 4 is 46.4 Å². The molecule has 0 atom stereocenters. The Bertz CT molecular complexity index is 865. The summed E-state index contributed by atoms with van der Waals surface area (Å²) < 4.78 is 0. The van der Waals surface area contributed by atoms with Gasteiger partial charge in [0.2, 0.25) is 5.91 Å². The van der Waals surface area contributed by atoms with Gasteiger partial charge >= 0.3 is 0 Å². The number of carbonyl (C=O) groups excluding carboxylic acids is 2. The quantitative estimate of drug-likeness (QED) is 0.592. The Kier molecular flexibility index (Phi) is 6.96. The van der Waals surface area contributed by atoms with Crippen molar-refractivity contribution in [2.75, 3.05) is 6.54 Å². The minimum Gasteiger partial charge on any atom is -0.351 e. The van der Waals surface area contributed by atoms with Crippen LogP contribution in [0.2, 0.25) is 10.0 Å². The van der Waals surface area contributed by atoms with Crippen molar-refractivity contribution in [1.82, 2.24) is 15.6 Å². The molecule has 2 N–H and O–H groups in total. The Balaban J connectivity index is 1.45. The second-order valence-electron chi connectivity index (χ2n) is 7.22. The minimum atomic E-state index is -0.225. The number of hydrogen-bond donors (Lipinski definition) is 2. The number of benzene rings is 1. The summed E-state index contributed by atoms with van der Waals surface area (Å²) >= 11 is 13.6. The summed E-state index contributed by atoms with van der Waals surface area (Å²) in [6.07, 6.45) is 4.65. The Morgan fingerprint density at radius 2 is 2.07 bits per heavy atom. The zero-order valence-corrected chi connectivity index (χ0v) is 18.0. The van der Waals surface area contributed by atoms with Crippen LogP contribution in [-0.4, -0.2) is 28.9 Å². The molecule has 5 nitrogen and oxygen atoms in total. The van der Waals surface area contributed by atoms with Gasteiger partial charge in [-0.1, -0.05) is 29.3 Å². The van der Waals surface area contributed by atoms with Crippen molar-refractivity contribution in [3.05, 3.63) is 49.9 Å². The van der Waals surface area contributed by atoms with E-state index >= 15 is 0 Å². The first kappa shape index (κ1) is 21.1. The van der Waals surface area contributed by atoms with Crippen LogP contribution in [0.4, 0.5) is 0 Å². The summed E-state index contributed by atoms with van der Waals surface area (Å²) in [5.41, 5.74) is 3.16. The summed E-state index contributed by atoms with van der Waals surface area (Å²) in [7, 11) is 0. The van der Waals surface area contributed by atoms with Gasteiger partial charge in [0, 0.05) is 28.5 Å². The molecule has 1 aromatic carbocycles. The lowest BCUT2D eigenvalue weighted by molar-refractivity contribution is -0.124. The molecule has 0 unspecified atom stereocenters. The van der Waals surface area contributed by atoms with E-state index in [9.17, 15) is 9.59 Å². The van der Waals surface area contributed by atoms with E-state index in [0.29, 0.717) is 40.7 Å². The summed E-state index contributed by atoms with van der Waals surface area (Å²) in [4.78, 5) is 29.2. The number of nitrogens with one attached hydrogen (secondary N) is 2. The van der Waals surface area contributed by atoms with Gasteiger partial charge in [-0.2, -0.15) is 0 Å². The standard InChI is InChI=1S/C20H23Cl2N3O2S/c1-13-18(28-12-24-13)19(27)23-9-2-4-17(26)25-20(7-3-8-20)11-14-5-6-15(21)10-16(14)22/h5-6,10,12H,2-4,7-9,11H2,1H3,(H,23,27)(H,25,26). The summed E-state index contributed by atoms with van der Waals surface area (Å²) in [5.74, 6) is -0.124. The number of nitrogens with zero attached hydrogens (tertiary/aromatic N) is 1. The van der Waals surface area contributed by atoms with Gasteiger partial charge in [0.05, 0.1) is 11.2 Å². The van der Waals surface area contributed by atoms with Gasteiger partial charge in [-0.3, -0.25) is 9.59 Å². The van der Waals surface area contributed by atoms with Crippen LogP contribution in [0.15, 0.2) is 23.7 Å². The fourth-order valence-corrected chi connectivity index (χ4v) is 4.58. The van der Waals surface area contributed by atoms with Crippen LogP contribution in [0, 0.1) is 6.92 Å². The van der Waals surface area contributed by atoms with Crippen LogP contribution < -0.4 is 10.6 Å². The van der Waals surface area contributed by atoms with Gasteiger partial charge in [-0.25, -0.2) is 4.98 Å². The molecule has 1 aliphatic carbocycles. The van der Waals surface area contributed by atoms with E-state index in [-0.39, 0.29) is 17.4 Å². The Hall–Kier alpha value is -1.63. The highest BCUT2D eigenvalue weighted by molar-refractivity contribution is 7.11. The molecule has 2 aromatic rings. The van der Waals surface area contributed by atoms with Crippen molar-refractivity contribution < 1.29 is 9.59 Å². The Labute approximate surface area is 178 Å². The number of thiazole rings is 1. The molecule has 8 heteroatoms. The Morgan fingerprint density at radius 3 is 2.68 bits per heavy atom. The topological polar surface area (TPSA) is 71.1 Å². The van der Waals surface area contributed by atoms with Gasteiger partial charge in [-0.05, 0) is 56.7 Å². The smallest absolute Gasteiger partial charge is 0.263 e. The zero-order valence-electron chi connectivity index (χ0n) is 15.7. The average Bonchev–Trinajstić information content (AvgIpc) is 3.05. The highest BCUT2D eigenvalue weighted by Crippen LogP contribution is 2.37. The maximum Gasteiger partial charge on any atom is 0.263 e. The molecule has 0 radical (unpaired) electrons. The molecule has 3 rings (SSSR count). The van der Waals surface area contributed by atoms with Gasteiger partial charge in [-0.15, -0.1) is 11.3 Å². The predicted octanol–water partition coefficient (Wildman–Crippen LogP) is 4.55. The highest BCUT2D eigenvalue weighted by Gasteiger charge is 2.38. The summed E-state index contributed by atoms with van der Waals surface area (Å²) in [6.45, 7) is 2.27. The molecule has 1 saturated carbocycles. The molecule has 0 bridgehead atoms. The first-order valence-corrected chi connectivity index (χ1v) is 11.0. The van der Waals surface area contributed by atoms with E-state index in [4.69, 9.17) is 23.2 Å². The van der Waals surface area contributed by atoms with Crippen LogP contribution in [0.3, 0.4) is 0 Å². The largest absolute Gasteiger partial charge is 0.351 e. The maximum absolute atomic E-state index is 12.4. The number of aromatic nitrogens is 1. The van der Waals surface area contributed by atoms with Crippen LogP contribution >= 0.6 is 34.5 Å². The minimum absolute atomic E-state index is 0.00741. The van der Waals surface area contributed by atoms with E-state index in [1.54, 1.807) is 11.6 Å². The van der Waals surface area contributed by atoms with Crippen molar-refractivity contribution in [3.8, 4) is 0 Å². The van der Waals surface area contributed by atoms with Crippen LogP contribution in [0.1, 0.15) is 53.0 Å². The summed E-state index contributed by atoms with van der Waals surface area (Å²) in [5, 5.41) is 7.28. The molecule has 1 aliphatic rings. The molecule has 0 spiro atoms. The highest BCUT2D eigenvalue weighted by atomic mass is 35.5. The molecule has 1 heterocycles. The molecular formula is C20H23Cl2N3O2S. The Morgan fingerprint density at radius 1 is 1.29 bits per heavy atom. The molecule has 0 aliphatic heterocycles. The average molecular weight is 440 g/mol. The fraction of sp³-hybridized carbons (Fsp3) is 0.450. The molecule has 1 fully saturated rings. The third kappa shape index (κ3) is 5.25. The number of amides is 2. The van der Waals surface area contributed by atoms with Gasteiger partial charge < -0.3 is 10.6 Å². The number of carbonyl (C=O) groups is 2. The SMILES string of the molecule is Cc1ncsc1C(=O)NCCCC(=O)NC1(Cc2ccc(Cl)cc2Cl)CCC1. The molecular weight excluding hydrogens is 417 g/mol. The van der Waals surface area contributed by atoms with Gasteiger partial charge in [0.25, 0.3) is 5.91 Å². The number of rotatable bonds is 8. The third-order valence-corrected chi connectivity index (χ3v) is 6.59. The lowest BCUT2D eigenvalue weighted by atomic mass is 9.72. The van der Waals surface area contributed by atoms with E-state index < -0.39 is 0 Å². The predicted molar refractivity (Wildman–Crippen MR) is 113 cm³/mol. The maximum atomic E-state index is 12.4. The number of hydrogen-bond acceptors (Lipinski definition) is 4. The molecule has 1 aromatic heterocycles. The monoisotopic (exact) mass is 439 g/mol. The van der Waals surface area contributed by atoms with Crippen LogP contribution in [-0.2, 0) is 11.2 Å². The molecule has 150 valence electrons. The lowest BCUT2D eigenvalue weighted by Crippen LogP contribution is -2.55. The van der Waals surface area contributed by atoms with Crippen molar-refractivity contribution in [2.24, 2.45) is 0 Å². The zero-order chi connectivity index (χ0) is 20.1. The first-order chi connectivity index (χ1) is 13.4. The van der Waals surface area contributed by atoms with E-state index in [2.05, 4.69) is 15.6 Å². The second kappa shape index (κ2) is 9.25. The van der Waals surface area contributed by atoms with Crippen molar-refractivity contribution in [2.45, 2.75) is 51.0 Å². The van der Waals surface area contributed by atoms with E-state index in [0.717, 1.165) is 30.5 Å². The normalized spacial score (nSPS) is 15.0.